The zero-order valence-corrected chi connectivity index (χ0v) is 9.49. The van der Waals surface area contributed by atoms with Crippen molar-refractivity contribution in [3.63, 3.8) is 0 Å². The molecule has 0 aromatic heterocycles. The maximum Gasteiger partial charge on any atom is 0.313 e. The molecule has 1 saturated heterocycles. The monoisotopic (exact) mass is 238 g/mol. The molecule has 0 saturated carbocycles. The highest BCUT2D eigenvalue weighted by Crippen LogP contribution is 2.32. The Kier molecular flexibility index (Phi) is 4.62. The smallest absolute Gasteiger partial charge is 0.313 e. The molecule has 0 aliphatic carbocycles. The van der Waals surface area contributed by atoms with Crippen LogP contribution < -0.4 is 0 Å². The minimum absolute atomic E-state index is 0.469. The van der Waals surface area contributed by atoms with Gasteiger partial charge in [-0.1, -0.05) is 0 Å². The van der Waals surface area contributed by atoms with Gasteiger partial charge in [0.2, 0.25) is 0 Å². The van der Waals surface area contributed by atoms with Crippen molar-refractivity contribution in [3.8, 4) is 0 Å². The summed E-state index contributed by atoms with van der Waals surface area (Å²) >= 11 is 0. The van der Waals surface area contributed by atoms with Crippen LogP contribution in [0.4, 0.5) is 0 Å². The first-order valence-electron chi connectivity index (χ1n) is 4.84. The number of aliphatic hydroxyl groups is 3. The molecule has 96 valence electrons. The fraction of sp³-hybridized carbons (Fsp3) is 1.00. The highest BCUT2D eigenvalue weighted by molar-refractivity contribution is 4.93. The van der Waals surface area contributed by atoms with Crippen molar-refractivity contribution in [2.75, 3.05) is 27.9 Å². The summed E-state index contributed by atoms with van der Waals surface area (Å²) < 4.78 is 20.3. The standard InChI is InChI=1S/C9H18O7/c1-13-8-7(12)6(11)5(4-10)16-9(8,14-2)15-3/h5-8,10-12H,4H2,1-3H3/t5-,6+,7-,8-/m1/s1. The Bertz CT molecular complexity index is 218. The molecular weight excluding hydrogens is 220 g/mol. The van der Waals surface area contributed by atoms with Crippen LogP contribution in [0, 0.1) is 0 Å². The minimum Gasteiger partial charge on any atom is -0.394 e. The Morgan fingerprint density at radius 1 is 1.12 bits per heavy atom. The fourth-order valence-electron chi connectivity index (χ4n) is 1.80. The molecule has 0 radical (unpaired) electrons. The van der Waals surface area contributed by atoms with Crippen LogP contribution in [0.25, 0.3) is 0 Å². The third-order valence-electron chi connectivity index (χ3n) is 2.71. The molecule has 0 aromatic rings. The van der Waals surface area contributed by atoms with Crippen LogP contribution >= 0.6 is 0 Å². The van der Waals surface area contributed by atoms with E-state index < -0.39 is 37.0 Å². The van der Waals surface area contributed by atoms with Crippen LogP contribution in [0.15, 0.2) is 0 Å². The first kappa shape index (κ1) is 13.8. The zero-order valence-electron chi connectivity index (χ0n) is 9.49. The van der Waals surface area contributed by atoms with Gasteiger partial charge in [-0.2, -0.15) is 0 Å². The van der Waals surface area contributed by atoms with Crippen LogP contribution in [0.3, 0.4) is 0 Å². The van der Waals surface area contributed by atoms with Crippen LogP contribution in [0.2, 0.25) is 0 Å². The van der Waals surface area contributed by atoms with Gasteiger partial charge in [-0.15, -0.1) is 0 Å². The van der Waals surface area contributed by atoms with Crippen LogP contribution in [0.5, 0.6) is 0 Å². The molecule has 16 heavy (non-hydrogen) atoms. The van der Waals surface area contributed by atoms with E-state index in [1.807, 2.05) is 0 Å². The van der Waals surface area contributed by atoms with E-state index in [-0.39, 0.29) is 0 Å². The molecule has 0 unspecified atom stereocenters. The molecule has 0 aromatic carbocycles. The van der Waals surface area contributed by atoms with E-state index in [2.05, 4.69) is 0 Å². The molecule has 1 aliphatic rings. The predicted octanol–water partition coefficient (Wildman–Crippen LogP) is -1.94. The van der Waals surface area contributed by atoms with Gasteiger partial charge in [0.05, 0.1) is 6.61 Å². The fourth-order valence-corrected chi connectivity index (χ4v) is 1.80. The number of ether oxygens (including phenoxy) is 4. The highest BCUT2D eigenvalue weighted by atomic mass is 16.9. The lowest BCUT2D eigenvalue weighted by Crippen LogP contribution is -2.67. The molecular formula is C9H18O7. The van der Waals surface area contributed by atoms with Crippen molar-refractivity contribution >= 4 is 0 Å². The van der Waals surface area contributed by atoms with Gasteiger partial charge in [-0.25, -0.2) is 0 Å². The summed E-state index contributed by atoms with van der Waals surface area (Å²) in [7, 11) is 3.96. The Morgan fingerprint density at radius 3 is 2.06 bits per heavy atom. The lowest BCUT2D eigenvalue weighted by Gasteiger charge is -2.47. The van der Waals surface area contributed by atoms with E-state index in [0.29, 0.717) is 0 Å². The summed E-state index contributed by atoms with van der Waals surface area (Å²) in [5.74, 6) is -1.64. The van der Waals surface area contributed by atoms with E-state index in [1.165, 1.54) is 21.3 Å². The predicted molar refractivity (Wildman–Crippen MR) is 51.5 cm³/mol. The maximum absolute atomic E-state index is 9.81. The van der Waals surface area contributed by atoms with Gasteiger partial charge in [0.15, 0.2) is 6.10 Å². The van der Waals surface area contributed by atoms with Gasteiger partial charge in [0.25, 0.3) is 0 Å². The summed E-state index contributed by atoms with van der Waals surface area (Å²) in [6.45, 7) is -0.469. The molecule has 1 heterocycles. The van der Waals surface area contributed by atoms with Crippen molar-refractivity contribution in [2.24, 2.45) is 0 Å². The molecule has 0 bridgehead atoms. The number of methoxy groups -OCH3 is 3. The first-order valence-corrected chi connectivity index (χ1v) is 4.84. The van der Waals surface area contributed by atoms with Gasteiger partial charge in [0, 0.05) is 21.3 Å². The molecule has 3 N–H and O–H groups in total. The zero-order chi connectivity index (χ0) is 12.3. The number of hydrogen-bond acceptors (Lipinski definition) is 7. The molecule has 1 fully saturated rings. The van der Waals surface area contributed by atoms with Gasteiger partial charge in [-0.3, -0.25) is 0 Å². The number of rotatable bonds is 4. The normalized spacial score (nSPS) is 38.6. The van der Waals surface area contributed by atoms with Crippen molar-refractivity contribution < 1.29 is 34.3 Å². The SMILES string of the molecule is CO[C@@H]1[C@H](O)[C@@H](O)[C@@H](CO)OC1(OC)OC. The summed E-state index contributed by atoms with van der Waals surface area (Å²) in [5, 5.41) is 28.5. The van der Waals surface area contributed by atoms with E-state index in [1.54, 1.807) is 0 Å². The Hall–Kier alpha value is -0.280. The van der Waals surface area contributed by atoms with Crippen LogP contribution in [-0.2, 0) is 18.9 Å². The molecule has 0 spiro atoms. The Morgan fingerprint density at radius 2 is 1.69 bits per heavy atom. The Balaban J connectivity index is 2.97. The van der Waals surface area contributed by atoms with Crippen molar-refractivity contribution in [1.29, 1.82) is 0 Å². The molecule has 7 heteroatoms. The van der Waals surface area contributed by atoms with Gasteiger partial charge in [-0.05, 0) is 0 Å². The third kappa shape index (κ3) is 2.07. The summed E-state index contributed by atoms with van der Waals surface area (Å²) in [6.07, 6.45) is -4.56. The van der Waals surface area contributed by atoms with Gasteiger partial charge in [0.1, 0.15) is 18.3 Å². The van der Waals surface area contributed by atoms with Gasteiger partial charge >= 0.3 is 5.97 Å². The van der Waals surface area contributed by atoms with Crippen molar-refractivity contribution in [2.45, 2.75) is 30.4 Å². The second-order valence-electron chi connectivity index (χ2n) is 3.49. The largest absolute Gasteiger partial charge is 0.394 e. The summed E-state index contributed by atoms with van der Waals surface area (Å²) in [5.41, 5.74) is 0. The lowest BCUT2D eigenvalue weighted by atomic mass is 9.97. The second kappa shape index (κ2) is 5.37. The van der Waals surface area contributed by atoms with E-state index in [4.69, 9.17) is 24.1 Å². The molecule has 1 rings (SSSR count). The van der Waals surface area contributed by atoms with E-state index in [9.17, 15) is 10.2 Å². The molecule has 4 atom stereocenters. The van der Waals surface area contributed by atoms with Crippen molar-refractivity contribution in [3.05, 3.63) is 0 Å². The summed E-state index contributed by atoms with van der Waals surface area (Å²) in [6, 6.07) is 0. The molecule has 0 amide bonds. The first-order chi connectivity index (χ1) is 7.56. The topological polar surface area (TPSA) is 97.6 Å². The number of hydrogen-bond donors (Lipinski definition) is 3. The van der Waals surface area contributed by atoms with Gasteiger partial charge < -0.3 is 34.3 Å². The van der Waals surface area contributed by atoms with Crippen LogP contribution in [-0.4, -0.2) is 73.6 Å². The van der Waals surface area contributed by atoms with Crippen molar-refractivity contribution in [1.82, 2.24) is 0 Å². The average molecular weight is 238 g/mol. The maximum atomic E-state index is 9.81. The van der Waals surface area contributed by atoms with Crippen LogP contribution in [0.1, 0.15) is 0 Å². The van der Waals surface area contributed by atoms with E-state index >= 15 is 0 Å². The quantitative estimate of drug-likeness (QED) is 0.490. The third-order valence-corrected chi connectivity index (χ3v) is 2.71. The number of aliphatic hydroxyl groups excluding tert-OH is 3. The lowest BCUT2D eigenvalue weighted by molar-refractivity contribution is -0.451. The summed E-state index contributed by atoms with van der Waals surface area (Å²) in [4.78, 5) is 0. The highest BCUT2D eigenvalue weighted by Gasteiger charge is 2.56. The average Bonchev–Trinajstić information content (AvgIpc) is 2.32. The van der Waals surface area contributed by atoms with E-state index in [0.717, 1.165) is 0 Å². The second-order valence-corrected chi connectivity index (χ2v) is 3.49. The molecule has 1 aliphatic heterocycles. The Labute approximate surface area is 93.5 Å². The molecule has 7 nitrogen and oxygen atoms in total. The minimum atomic E-state index is -1.64.